The molecule has 0 aliphatic rings. The summed E-state index contributed by atoms with van der Waals surface area (Å²) < 4.78 is 4.98. The van der Waals surface area contributed by atoms with E-state index in [9.17, 15) is 10.1 Å². The topological polar surface area (TPSA) is 89.7 Å². The second-order valence-corrected chi connectivity index (χ2v) is 6.55. The summed E-state index contributed by atoms with van der Waals surface area (Å²) >= 11 is 1.49. The summed E-state index contributed by atoms with van der Waals surface area (Å²) in [7, 11) is 1.40. The minimum absolute atomic E-state index is 0.104. The van der Waals surface area contributed by atoms with Gasteiger partial charge in [0, 0.05) is 22.1 Å². The second-order valence-electron chi connectivity index (χ2n) is 5.35. The van der Waals surface area contributed by atoms with Crippen LogP contribution >= 0.6 is 11.3 Å². The van der Waals surface area contributed by atoms with Gasteiger partial charge in [-0.25, -0.2) is 4.98 Å². The van der Waals surface area contributed by atoms with E-state index in [2.05, 4.69) is 15.5 Å². The molecule has 2 aromatic carbocycles. The van der Waals surface area contributed by atoms with Crippen molar-refractivity contribution in [1.29, 1.82) is 0 Å². The number of aryl methyl sites for hydroxylation is 1. The molecule has 0 atom stereocenters. The van der Waals surface area contributed by atoms with Gasteiger partial charge >= 0.3 is 5.69 Å². The van der Waals surface area contributed by atoms with Gasteiger partial charge in [-0.1, -0.05) is 30.3 Å². The Balaban J connectivity index is 1.75. The van der Waals surface area contributed by atoms with Crippen molar-refractivity contribution in [3.63, 3.8) is 0 Å². The number of hydrazone groups is 1. The number of nitro groups is 1. The fourth-order valence-corrected chi connectivity index (χ4v) is 3.19. The highest BCUT2D eigenvalue weighted by Gasteiger charge is 2.14. The largest absolute Gasteiger partial charge is 0.490 e. The molecule has 0 aliphatic carbocycles. The first-order chi connectivity index (χ1) is 12.6. The standard InChI is InChI=1S/C18H16N4O3S/c1-12-17(14-6-4-3-5-7-14)20-18(26-12)21-19-11-13-8-9-16(25-2)15(10-13)22(23)24/h3-11H,1-2H3,(H,20,21)/b19-11-. The highest BCUT2D eigenvalue weighted by molar-refractivity contribution is 7.15. The number of hydrogen-bond acceptors (Lipinski definition) is 7. The fraction of sp³-hybridized carbons (Fsp3) is 0.111. The number of methoxy groups -OCH3 is 1. The summed E-state index contributed by atoms with van der Waals surface area (Å²) in [6.07, 6.45) is 1.51. The van der Waals surface area contributed by atoms with Gasteiger partial charge < -0.3 is 4.74 Å². The predicted molar refractivity (Wildman–Crippen MR) is 103 cm³/mol. The Morgan fingerprint density at radius 1 is 1.27 bits per heavy atom. The van der Waals surface area contributed by atoms with Crippen molar-refractivity contribution in [2.45, 2.75) is 6.92 Å². The Morgan fingerprint density at radius 2 is 2.04 bits per heavy atom. The van der Waals surface area contributed by atoms with Crippen LogP contribution in [0.15, 0.2) is 53.6 Å². The normalized spacial score (nSPS) is 10.8. The molecule has 1 N–H and O–H groups in total. The molecule has 0 saturated heterocycles. The number of nitrogens with zero attached hydrogens (tertiary/aromatic N) is 3. The van der Waals surface area contributed by atoms with E-state index in [1.807, 2.05) is 37.3 Å². The van der Waals surface area contributed by atoms with Gasteiger partial charge in [0.1, 0.15) is 0 Å². The molecule has 0 unspecified atom stereocenters. The van der Waals surface area contributed by atoms with Crippen molar-refractivity contribution in [3.8, 4) is 17.0 Å². The lowest BCUT2D eigenvalue weighted by atomic mass is 10.1. The number of thiazole rings is 1. The van der Waals surface area contributed by atoms with Crippen LogP contribution in [-0.4, -0.2) is 23.2 Å². The SMILES string of the molecule is COc1ccc(/C=N\Nc2nc(-c3ccccc3)c(C)s2)cc1[N+](=O)[O-]. The molecule has 3 rings (SSSR count). The first-order valence-electron chi connectivity index (χ1n) is 7.73. The molecular weight excluding hydrogens is 352 g/mol. The van der Waals surface area contributed by atoms with Crippen molar-refractivity contribution < 1.29 is 9.66 Å². The third-order valence-electron chi connectivity index (χ3n) is 3.62. The van der Waals surface area contributed by atoms with Crippen LogP contribution in [-0.2, 0) is 0 Å². The quantitative estimate of drug-likeness (QED) is 0.393. The Hall–Kier alpha value is -3.26. The predicted octanol–water partition coefficient (Wildman–Crippen LogP) is 4.48. The Kier molecular flexibility index (Phi) is 5.23. The molecule has 8 heteroatoms. The van der Waals surface area contributed by atoms with E-state index in [0.717, 1.165) is 16.1 Å². The van der Waals surface area contributed by atoms with Crippen LogP contribution in [0.1, 0.15) is 10.4 Å². The highest BCUT2D eigenvalue weighted by atomic mass is 32.1. The zero-order valence-electron chi connectivity index (χ0n) is 14.2. The van der Waals surface area contributed by atoms with E-state index in [-0.39, 0.29) is 11.4 Å². The number of aromatic nitrogens is 1. The molecule has 0 amide bonds. The van der Waals surface area contributed by atoms with E-state index in [1.54, 1.807) is 12.1 Å². The van der Waals surface area contributed by atoms with Crippen molar-refractivity contribution in [2.75, 3.05) is 12.5 Å². The zero-order chi connectivity index (χ0) is 18.5. The lowest BCUT2D eigenvalue weighted by molar-refractivity contribution is -0.385. The van der Waals surface area contributed by atoms with Crippen LogP contribution in [0.4, 0.5) is 10.8 Å². The molecule has 26 heavy (non-hydrogen) atoms. The average Bonchev–Trinajstić information content (AvgIpc) is 3.03. The number of ether oxygens (including phenoxy) is 1. The number of benzene rings is 2. The summed E-state index contributed by atoms with van der Waals surface area (Å²) in [5, 5.41) is 15.8. The second kappa shape index (κ2) is 7.75. The van der Waals surface area contributed by atoms with Crippen LogP contribution in [0.2, 0.25) is 0 Å². The molecule has 0 aliphatic heterocycles. The number of hydrogen-bond donors (Lipinski definition) is 1. The molecule has 0 bridgehead atoms. The smallest absolute Gasteiger partial charge is 0.311 e. The lowest BCUT2D eigenvalue weighted by Crippen LogP contribution is -1.96. The Labute approximate surface area is 154 Å². The zero-order valence-corrected chi connectivity index (χ0v) is 15.0. The van der Waals surface area contributed by atoms with Gasteiger partial charge in [0.15, 0.2) is 5.75 Å². The van der Waals surface area contributed by atoms with E-state index >= 15 is 0 Å². The molecular formula is C18H16N4O3S. The molecule has 132 valence electrons. The van der Waals surface area contributed by atoms with Gasteiger partial charge in [-0.2, -0.15) is 5.10 Å². The van der Waals surface area contributed by atoms with Crippen molar-refractivity contribution in [1.82, 2.24) is 4.98 Å². The highest BCUT2D eigenvalue weighted by Crippen LogP contribution is 2.30. The number of nitrogens with one attached hydrogen (secondary N) is 1. The third kappa shape index (κ3) is 3.86. The summed E-state index contributed by atoms with van der Waals surface area (Å²) in [4.78, 5) is 16.2. The number of nitro benzene ring substituents is 1. The first-order valence-corrected chi connectivity index (χ1v) is 8.54. The summed E-state index contributed by atoms with van der Waals surface area (Å²) in [6, 6.07) is 14.6. The summed E-state index contributed by atoms with van der Waals surface area (Å²) in [5.41, 5.74) is 5.31. The molecule has 0 spiro atoms. The first kappa shape index (κ1) is 17.6. The molecule has 3 aromatic rings. The van der Waals surface area contributed by atoms with Gasteiger partial charge in [0.05, 0.1) is 23.9 Å². The fourth-order valence-electron chi connectivity index (χ4n) is 2.40. The van der Waals surface area contributed by atoms with Gasteiger partial charge in [-0.05, 0) is 19.1 Å². The molecule has 1 heterocycles. The van der Waals surface area contributed by atoms with Crippen LogP contribution in [0.5, 0.6) is 5.75 Å². The minimum atomic E-state index is -0.486. The minimum Gasteiger partial charge on any atom is -0.490 e. The molecule has 7 nitrogen and oxygen atoms in total. The number of anilines is 1. The number of rotatable bonds is 6. The Bertz CT molecular complexity index is 954. The van der Waals surface area contributed by atoms with E-state index < -0.39 is 4.92 Å². The van der Waals surface area contributed by atoms with Gasteiger partial charge in [0.25, 0.3) is 0 Å². The van der Waals surface area contributed by atoms with Crippen LogP contribution in [0.3, 0.4) is 0 Å². The van der Waals surface area contributed by atoms with E-state index in [4.69, 9.17) is 4.74 Å². The van der Waals surface area contributed by atoms with Gasteiger partial charge in [-0.15, -0.1) is 11.3 Å². The Morgan fingerprint density at radius 3 is 2.73 bits per heavy atom. The maximum Gasteiger partial charge on any atom is 0.311 e. The summed E-state index contributed by atoms with van der Waals surface area (Å²) in [6.45, 7) is 2.00. The van der Waals surface area contributed by atoms with E-state index in [1.165, 1.54) is 30.7 Å². The summed E-state index contributed by atoms with van der Waals surface area (Å²) in [5.74, 6) is 0.211. The molecule has 0 radical (unpaired) electrons. The van der Waals surface area contributed by atoms with Crippen molar-refractivity contribution >= 4 is 28.4 Å². The van der Waals surface area contributed by atoms with Gasteiger partial charge in [-0.3, -0.25) is 15.5 Å². The van der Waals surface area contributed by atoms with Crippen LogP contribution < -0.4 is 10.2 Å². The maximum atomic E-state index is 11.1. The maximum absolute atomic E-state index is 11.1. The third-order valence-corrected chi connectivity index (χ3v) is 4.49. The van der Waals surface area contributed by atoms with Gasteiger partial charge in [0.2, 0.25) is 5.13 Å². The molecule has 0 fully saturated rings. The van der Waals surface area contributed by atoms with E-state index in [0.29, 0.717) is 10.7 Å². The average molecular weight is 368 g/mol. The van der Waals surface area contributed by atoms with Crippen LogP contribution in [0, 0.1) is 17.0 Å². The monoisotopic (exact) mass is 368 g/mol. The van der Waals surface area contributed by atoms with Crippen molar-refractivity contribution in [2.24, 2.45) is 5.10 Å². The van der Waals surface area contributed by atoms with Crippen molar-refractivity contribution in [3.05, 3.63) is 69.1 Å². The lowest BCUT2D eigenvalue weighted by Gasteiger charge is -2.01. The molecule has 1 aromatic heterocycles. The van der Waals surface area contributed by atoms with Crippen LogP contribution in [0.25, 0.3) is 11.3 Å². The molecule has 0 saturated carbocycles.